The first-order chi connectivity index (χ1) is 7.16. The van der Waals surface area contributed by atoms with Gasteiger partial charge in [0.2, 0.25) is 0 Å². The van der Waals surface area contributed by atoms with Gasteiger partial charge in [-0.15, -0.1) is 0 Å². The largest absolute Gasteiger partial charge is 0.466 e. The predicted octanol–water partition coefficient (Wildman–Crippen LogP) is 2.06. The minimum atomic E-state index is -0.230. The van der Waals surface area contributed by atoms with E-state index in [9.17, 15) is 9.59 Å². The van der Waals surface area contributed by atoms with Crippen LogP contribution in [0.25, 0.3) is 0 Å². The van der Waals surface area contributed by atoms with E-state index in [1.165, 1.54) is 6.92 Å². The molecule has 0 aromatic heterocycles. The molecule has 0 spiro atoms. The van der Waals surface area contributed by atoms with Crippen molar-refractivity contribution in [2.45, 2.75) is 46.0 Å². The molecule has 4 nitrogen and oxygen atoms in total. The van der Waals surface area contributed by atoms with Crippen molar-refractivity contribution in [2.24, 2.45) is 0 Å². The lowest BCUT2D eigenvalue weighted by molar-refractivity contribution is -0.143. The molecular weight excluding hydrogens is 196 g/mol. The second-order valence-corrected chi connectivity index (χ2v) is 3.33. The van der Waals surface area contributed by atoms with Crippen molar-refractivity contribution in [3.05, 3.63) is 0 Å². The van der Waals surface area contributed by atoms with E-state index in [1.54, 1.807) is 6.92 Å². The number of ether oxygens (including phenoxy) is 2. The average Bonchev–Trinajstić information content (AvgIpc) is 2.21. The first-order valence-electron chi connectivity index (χ1n) is 5.45. The molecule has 0 rings (SSSR count). The quantitative estimate of drug-likeness (QED) is 0.460. The minimum Gasteiger partial charge on any atom is -0.466 e. The molecule has 0 N–H and O–H groups in total. The Kier molecular flexibility index (Phi) is 8.82. The van der Waals surface area contributed by atoms with Crippen LogP contribution < -0.4 is 0 Å². The molecule has 0 heterocycles. The second kappa shape index (κ2) is 9.49. The van der Waals surface area contributed by atoms with Crippen molar-refractivity contribution in [2.75, 3.05) is 13.2 Å². The number of carbonyl (C=O) groups excluding carboxylic acids is 2. The summed E-state index contributed by atoms with van der Waals surface area (Å²) >= 11 is 0. The Balaban J connectivity index is 3.05. The number of esters is 2. The number of unbranched alkanes of at least 4 members (excludes halogenated alkanes) is 3. The fraction of sp³-hybridized carbons (Fsp3) is 0.818. The van der Waals surface area contributed by atoms with Crippen LogP contribution in [-0.4, -0.2) is 25.2 Å². The van der Waals surface area contributed by atoms with Gasteiger partial charge in [0.15, 0.2) is 0 Å². The first kappa shape index (κ1) is 13.9. The maximum Gasteiger partial charge on any atom is 0.305 e. The zero-order valence-electron chi connectivity index (χ0n) is 9.58. The highest BCUT2D eigenvalue weighted by Crippen LogP contribution is 2.01. The summed E-state index contributed by atoms with van der Waals surface area (Å²) in [5.41, 5.74) is 0. The van der Waals surface area contributed by atoms with E-state index in [0.29, 0.717) is 19.6 Å². The van der Waals surface area contributed by atoms with Gasteiger partial charge >= 0.3 is 11.9 Å². The SMILES string of the molecule is CCC(=O)OCCCCCCOC(C)=O. The number of carbonyl (C=O) groups is 2. The van der Waals surface area contributed by atoms with Gasteiger partial charge in [-0.1, -0.05) is 6.92 Å². The van der Waals surface area contributed by atoms with Crippen molar-refractivity contribution >= 4 is 11.9 Å². The van der Waals surface area contributed by atoms with Crippen molar-refractivity contribution in [3.63, 3.8) is 0 Å². The summed E-state index contributed by atoms with van der Waals surface area (Å²) in [7, 11) is 0. The topological polar surface area (TPSA) is 52.6 Å². The standard InChI is InChI=1S/C11H20O4/c1-3-11(13)15-9-7-5-4-6-8-14-10(2)12/h3-9H2,1-2H3. The monoisotopic (exact) mass is 216 g/mol. The van der Waals surface area contributed by atoms with Gasteiger partial charge in [0.05, 0.1) is 13.2 Å². The highest BCUT2D eigenvalue weighted by atomic mass is 16.5. The van der Waals surface area contributed by atoms with E-state index in [2.05, 4.69) is 0 Å². The molecule has 0 fully saturated rings. The molecule has 0 aromatic rings. The van der Waals surface area contributed by atoms with Crippen LogP contribution in [0.1, 0.15) is 46.0 Å². The van der Waals surface area contributed by atoms with Crippen LogP contribution in [0.5, 0.6) is 0 Å². The van der Waals surface area contributed by atoms with Crippen LogP contribution in [0.3, 0.4) is 0 Å². The smallest absolute Gasteiger partial charge is 0.305 e. The molecule has 0 aliphatic rings. The minimum absolute atomic E-state index is 0.144. The van der Waals surface area contributed by atoms with Crippen LogP contribution in [0.4, 0.5) is 0 Å². The van der Waals surface area contributed by atoms with Crippen molar-refractivity contribution in [1.29, 1.82) is 0 Å². The Bertz CT molecular complexity index is 189. The maximum absolute atomic E-state index is 10.7. The normalized spacial score (nSPS) is 9.73. The van der Waals surface area contributed by atoms with Crippen LogP contribution in [0.2, 0.25) is 0 Å². The Hall–Kier alpha value is -1.06. The zero-order valence-corrected chi connectivity index (χ0v) is 9.58. The molecule has 0 atom stereocenters. The van der Waals surface area contributed by atoms with Gasteiger partial charge in [-0.2, -0.15) is 0 Å². The Morgan fingerprint density at radius 2 is 1.47 bits per heavy atom. The van der Waals surface area contributed by atoms with Gasteiger partial charge < -0.3 is 9.47 Å². The third-order valence-corrected chi connectivity index (χ3v) is 1.90. The van der Waals surface area contributed by atoms with E-state index in [4.69, 9.17) is 9.47 Å². The fourth-order valence-electron chi connectivity index (χ4n) is 1.06. The predicted molar refractivity (Wildman–Crippen MR) is 56.4 cm³/mol. The van der Waals surface area contributed by atoms with Crippen LogP contribution in [0, 0.1) is 0 Å². The average molecular weight is 216 g/mol. The van der Waals surface area contributed by atoms with Crippen LogP contribution in [0.15, 0.2) is 0 Å². The van der Waals surface area contributed by atoms with E-state index in [0.717, 1.165) is 25.7 Å². The zero-order chi connectivity index (χ0) is 11.5. The molecule has 88 valence electrons. The third-order valence-electron chi connectivity index (χ3n) is 1.90. The van der Waals surface area contributed by atoms with Crippen molar-refractivity contribution < 1.29 is 19.1 Å². The molecule has 0 saturated carbocycles. The Labute approximate surface area is 90.9 Å². The summed E-state index contributed by atoms with van der Waals surface area (Å²) in [4.78, 5) is 21.1. The molecule has 0 aromatic carbocycles. The van der Waals surface area contributed by atoms with Gasteiger partial charge in [-0.25, -0.2) is 0 Å². The van der Waals surface area contributed by atoms with Gasteiger partial charge in [0.1, 0.15) is 0 Å². The Morgan fingerprint density at radius 3 is 1.93 bits per heavy atom. The molecule has 0 amide bonds. The van der Waals surface area contributed by atoms with Gasteiger partial charge in [-0.05, 0) is 25.7 Å². The number of rotatable bonds is 8. The van der Waals surface area contributed by atoms with Gasteiger partial charge in [-0.3, -0.25) is 9.59 Å². The van der Waals surface area contributed by atoms with Crippen LogP contribution >= 0.6 is 0 Å². The molecule has 0 saturated heterocycles. The Morgan fingerprint density at radius 1 is 0.933 bits per heavy atom. The van der Waals surface area contributed by atoms with Gasteiger partial charge in [0, 0.05) is 13.3 Å². The summed E-state index contributed by atoms with van der Waals surface area (Å²) < 4.78 is 9.69. The fourth-order valence-corrected chi connectivity index (χ4v) is 1.06. The molecule has 0 unspecified atom stereocenters. The van der Waals surface area contributed by atoms with Crippen LogP contribution in [-0.2, 0) is 19.1 Å². The molecular formula is C11H20O4. The lowest BCUT2D eigenvalue weighted by Crippen LogP contribution is -2.04. The van der Waals surface area contributed by atoms with E-state index in [-0.39, 0.29) is 11.9 Å². The molecule has 0 aliphatic carbocycles. The summed E-state index contributed by atoms with van der Waals surface area (Å²) in [6.45, 7) is 4.18. The van der Waals surface area contributed by atoms with E-state index < -0.39 is 0 Å². The van der Waals surface area contributed by atoms with Crippen molar-refractivity contribution in [3.8, 4) is 0 Å². The molecule has 15 heavy (non-hydrogen) atoms. The second-order valence-electron chi connectivity index (χ2n) is 3.33. The summed E-state index contributed by atoms with van der Waals surface area (Å²) in [6, 6.07) is 0. The maximum atomic E-state index is 10.7. The number of hydrogen-bond donors (Lipinski definition) is 0. The molecule has 4 heteroatoms. The summed E-state index contributed by atoms with van der Waals surface area (Å²) in [5.74, 6) is -0.373. The van der Waals surface area contributed by atoms with E-state index >= 15 is 0 Å². The third kappa shape index (κ3) is 10.9. The van der Waals surface area contributed by atoms with Crippen molar-refractivity contribution in [1.82, 2.24) is 0 Å². The highest BCUT2D eigenvalue weighted by Gasteiger charge is 1.97. The summed E-state index contributed by atoms with van der Waals surface area (Å²) in [6.07, 6.45) is 4.19. The van der Waals surface area contributed by atoms with Gasteiger partial charge in [0.25, 0.3) is 0 Å². The first-order valence-corrected chi connectivity index (χ1v) is 5.45. The van der Waals surface area contributed by atoms with E-state index in [1.807, 2.05) is 0 Å². The molecule has 0 radical (unpaired) electrons. The number of hydrogen-bond acceptors (Lipinski definition) is 4. The highest BCUT2D eigenvalue weighted by molar-refractivity contribution is 5.68. The molecule has 0 aliphatic heterocycles. The lowest BCUT2D eigenvalue weighted by atomic mass is 10.2. The lowest BCUT2D eigenvalue weighted by Gasteiger charge is -2.03. The summed E-state index contributed by atoms with van der Waals surface area (Å²) in [5, 5.41) is 0. The molecule has 0 bridgehead atoms.